The summed E-state index contributed by atoms with van der Waals surface area (Å²) in [6, 6.07) is 0. The maximum Gasteiger partial charge on any atom is 0.0654 e. The van der Waals surface area contributed by atoms with E-state index in [0.29, 0.717) is 22.7 Å². The van der Waals surface area contributed by atoms with Crippen LogP contribution in [0.4, 0.5) is 0 Å². The van der Waals surface area contributed by atoms with Crippen molar-refractivity contribution in [2.75, 3.05) is 0 Å². The number of aliphatic hydroxyl groups excluding tert-OH is 1. The van der Waals surface area contributed by atoms with Crippen LogP contribution in [0.2, 0.25) is 0 Å². The molecule has 4 aliphatic rings. The minimum Gasteiger partial charge on any atom is -0.392 e. The molecule has 0 heterocycles. The minimum atomic E-state index is -0.279. The fourth-order valence-electron chi connectivity index (χ4n) is 6.62. The van der Waals surface area contributed by atoms with Gasteiger partial charge in [0, 0.05) is 6.42 Å². The van der Waals surface area contributed by atoms with Crippen molar-refractivity contribution in [1.82, 2.24) is 0 Å². The number of rotatable bonds is 3. The predicted molar refractivity (Wildman–Crippen MR) is 73.9 cm³/mol. The Labute approximate surface area is 111 Å². The van der Waals surface area contributed by atoms with Crippen molar-refractivity contribution in [1.29, 1.82) is 0 Å². The van der Waals surface area contributed by atoms with Crippen molar-refractivity contribution in [2.24, 2.45) is 22.2 Å². The van der Waals surface area contributed by atoms with Gasteiger partial charge in [0.25, 0.3) is 0 Å². The van der Waals surface area contributed by atoms with E-state index in [1.165, 1.54) is 38.5 Å². The van der Waals surface area contributed by atoms with Gasteiger partial charge in [0.1, 0.15) is 0 Å². The van der Waals surface area contributed by atoms with Crippen molar-refractivity contribution in [2.45, 2.75) is 71.3 Å². The van der Waals surface area contributed by atoms with E-state index in [9.17, 15) is 5.11 Å². The SMILES string of the molecule is C#CCC(O)CC12CC3CC(C)(CC(C)(C3)C1)C2. The maximum absolute atomic E-state index is 10.1. The lowest BCUT2D eigenvalue weighted by molar-refractivity contribution is -0.156. The van der Waals surface area contributed by atoms with Crippen LogP contribution in [0.15, 0.2) is 0 Å². The Morgan fingerprint density at radius 1 is 1.17 bits per heavy atom. The molecule has 4 aliphatic carbocycles. The Balaban J connectivity index is 1.83. The predicted octanol–water partition coefficient (Wildman–Crippen LogP) is 3.76. The number of aliphatic hydroxyl groups is 1. The number of hydrogen-bond acceptors (Lipinski definition) is 1. The summed E-state index contributed by atoms with van der Waals surface area (Å²) in [6.45, 7) is 4.97. The van der Waals surface area contributed by atoms with Crippen LogP contribution in [-0.2, 0) is 0 Å². The van der Waals surface area contributed by atoms with Crippen LogP contribution in [0.1, 0.15) is 65.2 Å². The molecule has 1 N–H and O–H groups in total. The second kappa shape index (κ2) is 3.76. The first kappa shape index (κ1) is 12.5. The van der Waals surface area contributed by atoms with Gasteiger partial charge >= 0.3 is 0 Å². The fourth-order valence-corrected chi connectivity index (χ4v) is 6.62. The fraction of sp³-hybridized carbons (Fsp3) is 0.882. The highest BCUT2D eigenvalue weighted by molar-refractivity contribution is 5.11. The van der Waals surface area contributed by atoms with Gasteiger partial charge in [0.05, 0.1) is 6.10 Å². The highest BCUT2D eigenvalue weighted by Crippen LogP contribution is 2.70. The molecule has 0 saturated heterocycles. The second-order valence-electron chi connectivity index (χ2n) is 8.40. The molecule has 4 saturated carbocycles. The van der Waals surface area contributed by atoms with Gasteiger partial charge in [-0.3, -0.25) is 0 Å². The lowest BCUT2D eigenvalue weighted by Gasteiger charge is -2.66. The number of hydrogen-bond donors (Lipinski definition) is 1. The summed E-state index contributed by atoms with van der Waals surface area (Å²) in [7, 11) is 0. The molecule has 4 rings (SSSR count). The lowest BCUT2D eigenvalue weighted by Crippen LogP contribution is -2.55. The Hall–Kier alpha value is -0.480. The van der Waals surface area contributed by atoms with Gasteiger partial charge in [0.15, 0.2) is 0 Å². The summed E-state index contributed by atoms with van der Waals surface area (Å²) in [5, 5.41) is 10.1. The topological polar surface area (TPSA) is 20.2 Å². The molecule has 0 aromatic heterocycles. The average Bonchev–Trinajstić information content (AvgIpc) is 2.09. The van der Waals surface area contributed by atoms with E-state index in [2.05, 4.69) is 19.8 Å². The van der Waals surface area contributed by atoms with Crippen LogP contribution >= 0.6 is 0 Å². The largest absolute Gasteiger partial charge is 0.392 e. The molecule has 0 aromatic carbocycles. The Kier molecular flexibility index (Phi) is 2.62. The third kappa shape index (κ3) is 1.99. The molecular weight excluding hydrogens is 220 g/mol. The first-order valence-electron chi connectivity index (χ1n) is 7.48. The van der Waals surface area contributed by atoms with E-state index in [-0.39, 0.29) is 6.10 Å². The van der Waals surface area contributed by atoms with Gasteiger partial charge in [-0.2, -0.15) is 0 Å². The van der Waals surface area contributed by atoms with Crippen LogP contribution in [-0.4, -0.2) is 11.2 Å². The van der Waals surface area contributed by atoms with Crippen LogP contribution in [0.5, 0.6) is 0 Å². The normalized spacial score (nSPS) is 51.1. The van der Waals surface area contributed by atoms with Gasteiger partial charge in [-0.25, -0.2) is 0 Å². The van der Waals surface area contributed by atoms with E-state index in [4.69, 9.17) is 6.42 Å². The van der Waals surface area contributed by atoms with Gasteiger partial charge < -0.3 is 5.11 Å². The molecule has 1 nitrogen and oxygen atoms in total. The highest BCUT2D eigenvalue weighted by Gasteiger charge is 2.59. The average molecular weight is 246 g/mol. The summed E-state index contributed by atoms with van der Waals surface area (Å²) < 4.78 is 0. The monoisotopic (exact) mass is 246 g/mol. The molecule has 0 radical (unpaired) electrons. The zero-order chi connectivity index (χ0) is 13.0. The summed E-state index contributed by atoms with van der Waals surface area (Å²) in [5.41, 5.74) is 1.49. The lowest BCUT2D eigenvalue weighted by atomic mass is 9.39. The molecule has 0 aliphatic heterocycles. The van der Waals surface area contributed by atoms with E-state index < -0.39 is 0 Å². The second-order valence-corrected chi connectivity index (χ2v) is 8.40. The van der Waals surface area contributed by atoms with Crippen LogP contribution in [0.3, 0.4) is 0 Å². The van der Waals surface area contributed by atoms with E-state index in [1.807, 2.05) is 0 Å². The standard InChI is InChI=1S/C17H26O/c1-4-5-14(18)9-17-8-13-6-15(2,11-17)10-16(3,7-13)12-17/h1,13-14,18H,5-12H2,2-3H3. The Morgan fingerprint density at radius 3 is 2.28 bits per heavy atom. The molecule has 100 valence electrons. The first-order valence-corrected chi connectivity index (χ1v) is 7.48. The van der Waals surface area contributed by atoms with Gasteiger partial charge in [-0.1, -0.05) is 13.8 Å². The highest BCUT2D eigenvalue weighted by atomic mass is 16.3. The zero-order valence-electron chi connectivity index (χ0n) is 11.8. The molecule has 1 heteroatoms. The molecule has 18 heavy (non-hydrogen) atoms. The molecule has 0 spiro atoms. The molecule has 3 atom stereocenters. The van der Waals surface area contributed by atoms with E-state index >= 15 is 0 Å². The van der Waals surface area contributed by atoms with E-state index in [1.54, 1.807) is 0 Å². The third-order valence-corrected chi connectivity index (χ3v) is 5.76. The van der Waals surface area contributed by atoms with Crippen LogP contribution in [0.25, 0.3) is 0 Å². The quantitative estimate of drug-likeness (QED) is 0.752. The van der Waals surface area contributed by atoms with E-state index in [0.717, 1.165) is 12.3 Å². The maximum atomic E-state index is 10.1. The Bertz CT molecular complexity index is 373. The smallest absolute Gasteiger partial charge is 0.0654 e. The van der Waals surface area contributed by atoms with Gasteiger partial charge in [-0.15, -0.1) is 12.3 Å². The Morgan fingerprint density at radius 2 is 1.78 bits per heavy atom. The molecule has 4 bridgehead atoms. The molecule has 0 amide bonds. The zero-order valence-corrected chi connectivity index (χ0v) is 11.8. The van der Waals surface area contributed by atoms with Crippen LogP contribution < -0.4 is 0 Å². The first-order chi connectivity index (χ1) is 8.36. The molecular formula is C17H26O. The van der Waals surface area contributed by atoms with Crippen molar-refractivity contribution in [3.8, 4) is 12.3 Å². The van der Waals surface area contributed by atoms with Crippen molar-refractivity contribution >= 4 is 0 Å². The summed E-state index contributed by atoms with van der Waals surface area (Å²) in [4.78, 5) is 0. The summed E-state index contributed by atoms with van der Waals surface area (Å²) in [6.07, 6.45) is 14.8. The third-order valence-electron chi connectivity index (χ3n) is 5.76. The summed E-state index contributed by atoms with van der Waals surface area (Å²) in [5.74, 6) is 3.53. The van der Waals surface area contributed by atoms with Crippen LogP contribution in [0, 0.1) is 34.5 Å². The minimum absolute atomic E-state index is 0.279. The molecule has 4 fully saturated rings. The van der Waals surface area contributed by atoms with Crippen molar-refractivity contribution < 1.29 is 5.11 Å². The van der Waals surface area contributed by atoms with Crippen molar-refractivity contribution in [3.05, 3.63) is 0 Å². The molecule has 0 aromatic rings. The number of terminal acetylenes is 1. The van der Waals surface area contributed by atoms with Gasteiger partial charge in [-0.05, 0) is 67.1 Å². The summed E-state index contributed by atoms with van der Waals surface area (Å²) >= 11 is 0. The van der Waals surface area contributed by atoms with Crippen molar-refractivity contribution in [3.63, 3.8) is 0 Å². The van der Waals surface area contributed by atoms with Gasteiger partial charge in [0.2, 0.25) is 0 Å². The molecule has 3 unspecified atom stereocenters.